The van der Waals surface area contributed by atoms with E-state index < -0.39 is 0 Å². The number of carbonyl (C=O) groups excluding carboxylic acids is 1. The van der Waals surface area contributed by atoms with Crippen molar-refractivity contribution in [3.05, 3.63) is 23.9 Å². The Morgan fingerprint density at radius 1 is 1.28 bits per heavy atom. The molecule has 29 heavy (non-hydrogen) atoms. The Labute approximate surface area is 190 Å². The molecule has 0 bridgehead atoms. The molecule has 1 aromatic heterocycles. The molecule has 3 heterocycles. The highest BCUT2D eigenvalue weighted by atomic mass is 127. The molecular formula is C20H33IN6O2. The number of aliphatic imine (C=N–C) groups is 1. The van der Waals surface area contributed by atoms with Crippen LogP contribution in [0.2, 0.25) is 0 Å². The maximum absolute atomic E-state index is 12.2. The Morgan fingerprint density at radius 2 is 2.07 bits per heavy atom. The fourth-order valence-corrected chi connectivity index (χ4v) is 3.47. The van der Waals surface area contributed by atoms with Gasteiger partial charge in [0, 0.05) is 38.9 Å². The van der Waals surface area contributed by atoms with Crippen LogP contribution in [0.25, 0.3) is 0 Å². The number of halogens is 1. The molecule has 2 fully saturated rings. The molecule has 3 rings (SSSR count). The molecule has 0 aliphatic carbocycles. The van der Waals surface area contributed by atoms with Crippen LogP contribution in [-0.2, 0) is 16.1 Å². The molecule has 2 saturated heterocycles. The molecule has 9 heteroatoms. The minimum Gasteiger partial charge on any atom is -0.375 e. The maximum atomic E-state index is 12.2. The predicted molar refractivity (Wildman–Crippen MR) is 126 cm³/mol. The molecule has 1 aromatic rings. The van der Waals surface area contributed by atoms with Crippen LogP contribution in [0, 0.1) is 0 Å². The highest BCUT2D eigenvalue weighted by Gasteiger charge is 2.18. The molecule has 162 valence electrons. The first-order chi connectivity index (χ1) is 13.7. The van der Waals surface area contributed by atoms with Crippen molar-refractivity contribution in [2.24, 2.45) is 4.99 Å². The van der Waals surface area contributed by atoms with Crippen molar-refractivity contribution in [2.45, 2.75) is 39.3 Å². The molecule has 0 spiro atoms. The van der Waals surface area contributed by atoms with E-state index in [1.807, 2.05) is 24.1 Å². The highest BCUT2D eigenvalue weighted by molar-refractivity contribution is 14.0. The lowest BCUT2D eigenvalue weighted by molar-refractivity contribution is -0.128. The van der Waals surface area contributed by atoms with Crippen molar-refractivity contribution in [3.63, 3.8) is 0 Å². The van der Waals surface area contributed by atoms with E-state index in [-0.39, 0.29) is 42.5 Å². The summed E-state index contributed by atoms with van der Waals surface area (Å²) in [4.78, 5) is 25.5. The van der Waals surface area contributed by atoms with E-state index in [2.05, 4.69) is 38.5 Å². The number of morpholine rings is 1. The lowest BCUT2D eigenvalue weighted by Crippen LogP contribution is -2.44. The van der Waals surface area contributed by atoms with Crippen LogP contribution in [0.3, 0.4) is 0 Å². The molecule has 0 aromatic carbocycles. The number of pyridine rings is 1. The van der Waals surface area contributed by atoms with Crippen LogP contribution in [0.4, 0.5) is 5.82 Å². The third-order valence-electron chi connectivity index (χ3n) is 5.00. The van der Waals surface area contributed by atoms with Crippen LogP contribution in [0.15, 0.2) is 23.3 Å². The van der Waals surface area contributed by atoms with E-state index in [0.717, 1.165) is 63.6 Å². The second kappa shape index (κ2) is 12.2. The summed E-state index contributed by atoms with van der Waals surface area (Å²) in [5.41, 5.74) is 1.04. The Balaban J connectivity index is 0.00000300. The second-order valence-electron chi connectivity index (χ2n) is 7.29. The molecule has 0 saturated carbocycles. The first kappa shape index (κ1) is 23.7. The fourth-order valence-electron chi connectivity index (χ4n) is 3.47. The summed E-state index contributed by atoms with van der Waals surface area (Å²) < 4.78 is 5.59. The number of anilines is 1. The number of nitrogens with zero attached hydrogens (tertiary/aromatic N) is 4. The van der Waals surface area contributed by atoms with Crippen molar-refractivity contribution in [2.75, 3.05) is 50.8 Å². The number of hydrogen-bond acceptors (Lipinski definition) is 5. The largest absolute Gasteiger partial charge is 0.375 e. The van der Waals surface area contributed by atoms with Gasteiger partial charge in [-0.1, -0.05) is 6.07 Å². The van der Waals surface area contributed by atoms with Crippen molar-refractivity contribution < 1.29 is 9.53 Å². The van der Waals surface area contributed by atoms with E-state index in [0.29, 0.717) is 12.5 Å². The van der Waals surface area contributed by atoms with Gasteiger partial charge in [0.2, 0.25) is 5.91 Å². The van der Waals surface area contributed by atoms with Gasteiger partial charge in [0.25, 0.3) is 0 Å². The molecule has 1 amide bonds. The average molecular weight is 516 g/mol. The molecule has 2 aliphatic heterocycles. The lowest BCUT2D eigenvalue weighted by Gasteiger charge is -2.32. The number of rotatable bonds is 6. The van der Waals surface area contributed by atoms with Gasteiger partial charge in [-0.2, -0.15) is 0 Å². The number of hydrogen-bond donors (Lipinski definition) is 2. The molecule has 8 nitrogen and oxygen atoms in total. The summed E-state index contributed by atoms with van der Waals surface area (Å²) in [6.07, 6.45) is 4.31. The van der Waals surface area contributed by atoms with E-state index in [4.69, 9.17) is 4.74 Å². The molecule has 2 aliphatic rings. The monoisotopic (exact) mass is 516 g/mol. The van der Waals surface area contributed by atoms with Crippen molar-refractivity contribution in [1.29, 1.82) is 0 Å². The Morgan fingerprint density at radius 3 is 2.72 bits per heavy atom. The number of amides is 1. The minimum atomic E-state index is 0. The Kier molecular flexibility index (Phi) is 9.92. The maximum Gasteiger partial charge on any atom is 0.241 e. The second-order valence-corrected chi connectivity index (χ2v) is 7.29. The molecule has 0 radical (unpaired) electrons. The predicted octanol–water partition coefficient (Wildman–Crippen LogP) is 1.60. The van der Waals surface area contributed by atoms with Gasteiger partial charge >= 0.3 is 0 Å². The summed E-state index contributed by atoms with van der Waals surface area (Å²) in [5.74, 6) is 1.76. The summed E-state index contributed by atoms with van der Waals surface area (Å²) in [6, 6.07) is 4.10. The zero-order chi connectivity index (χ0) is 19.8. The van der Waals surface area contributed by atoms with Gasteiger partial charge in [-0.05, 0) is 38.3 Å². The summed E-state index contributed by atoms with van der Waals surface area (Å²) in [7, 11) is 0. The van der Waals surface area contributed by atoms with E-state index >= 15 is 0 Å². The number of nitrogens with one attached hydrogen (secondary N) is 2. The SMILES string of the molecule is CCNC(=NCc1ccc(N2CCOC(C)C2)nc1)NCC(=O)N1CCCC1.I. The quantitative estimate of drug-likeness (QED) is 0.340. The number of guanidine groups is 1. The third kappa shape index (κ3) is 7.29. The Hall–Kier alpha value is -1.62. The van der Waals surface area contributed by atoms with Crippen LogP contribution < -0.4 is 15.5 Å². The lowest BCUT2D eigenvalue weighted by atomic mass is 10.2. The van der Waals surface area contributed by atoms with Crippen molar-refractivity contribution in [3.8, 4) is 0 Å². The molecule has 1 unspecified atom stereocenters. The van der Waals surface area contributed by atoms with Crippen molar-refractivity contribution in [1.82, 2.24) is 20.5 Å². The smallest absolute Gasteiger partial charge is 0.241 e. The third-order valence-corrected chi connectivity index (χ3v) is 5.00. The summed E-state index contributed by atoms with van der Waals surface area (Å²) in [5, 5.41) is 6.33. The average Bonchev–Trinajstić information content (AvgIpc) is 3.25. The number of likely N-dealkylation sites (tertiary alicyclic amines) is 1. The van der Waals surface area contributed by atoms with Gasteiger partial charge in [-0.25, -0.2) is 9.98 Å². The van der Waals surface area contributed by atoms with E-state index in [1.54, 1.807) is 0 Å². The van der Waals surface area contributed by atoms with Crippen LogP contribution in [0.5, 0.6) is 0 Å². The fraction of sp³-hybridized carbons (Fsp3) is 0.650. The number of aromatic nitrogens is 1. The standard InChI is InChI=1S/C20H32N6O2.HI/c1-3-21-20(24-14-19(27)25-8-4-5-9-25)23-13-17-6-7-18(22-12-17)26-10-11-28-16(2)15-26;/h6-7,12,16H,3-5,8-11,13-15H2,1-2H3,(H2,21,23,24);1H. The number of ether oxygens (including phenoxy) is 1. The van der Waals surface area contributed by atoms with Crippen LogP contribution in [-0.4, -0.2) is 73.7 Å². The number of carbonyl (C=O) groups is 1. The molecule has 2 N–H and O–H groups in total. The summed E-state index contributed by atoms with van der Waals surface area (Å²) >= 11 is 0. The van der Waals surface area contributed by atoms with Crippen LogP contribution in [0.1, 0.15) is 32.3 Å². The first-order valence-electron chi connectivity index (χ1n) is 10.3. The highest BCUT2D eigenvalue weighted by Crippen LogP contribution is 2.15. The normalized spacial score (nSPS) is 19.7. The van der Waals surface area contributed by atoms with Gasteiger partial charge in [0.05, 0.1) is 25.8 Å². The van der Waals surface area contributed by atoms with Gasteiger partial charge < -0.3 is 25.2 Å². The zero-order valence-corrected chi connectivity index (χ0v) is 19.7. The van der Waals surface area contributed by atoms with Gasteiger partial charge in [0.1, 0.15) is 5.82 Å². The minimum absolute atomic E-state index is 0. The van der Waals surface area contributed by atoms with Crippen LogP contribution >= 0.6 is 24.0 Å². The summed E-state index contributed by atoms with van der Waals surface area (Å²) in [6.45, 7) is 9.84. The molecule has 1 atom stereocenters. The Bertz CT molecular complexity index is 663. The van der Waals surface area contributed by atoms with Gasteiger partial charge in [0.15, 0.2) is 5.96 Å². The molecular weight excluding hydrogens is 483 g/mol. The van der Waals surface area contributed by atoms with Gasteiger partial charge in [-0.3, -0.25) is 4.79 Å². The first-order valence-corrected chi connectivity index (χ1v) is 10.3. The van der Waals surface area contributed by atoms with Crippen molar-refractivity contribution >= 4 is 41.7 Å². The topological polar surface area (TPSA) is 82.1 Å². The van der Waals surface area contributed by atoms with E-state index in [1.165, 1.54) is 0 Å². The zero-order valence-electron chi connectivity index (χ0n) is 17.4. The van der Waals surface area contributed by atoms with E-state index in [9.17, 15) is 4.79 Å². The van der Waals surface area contributed by atoms with Gasteiger partial charge in [-0.15, -0.1) is 24.0 Å².